The highest BCUT2D eigenvalue weighted by molar-refractivity contribution is 7.80. The van der Waals surface area contributed by atoms with Gasteiger partial charge >= 0.3 is 0 Å². The number of aromatic amines is 1. The standard InChI is InChI=1S/C21H30N4O4S/c1-27-10-5-22-21(30)25(7-6-24-8-11-29-12-9-24)15-17-13-16-14-18(28-2)3-4-19(16)23-20(17)26/h3-4,13-14H,5-12,15H2,1-2H3,(H,22,30)(H,23,26). The summed E-state index contributed by atoms with van der Waals surface area (Å²) in [5.74, 6) is 0.751. The summed E-state index contributed by atoms with van der Waals surface area (Å²) in [5, 5.41) is 4.77. The molecule has 0 unspecified atom stereocenters. The first-order valence-corrected chi connectivity index (χ1v) is 10.5. The third-order valence-corrected chi connectivity index (χ3v) is 5.55. The molecule has 0 spiro atoms. The van der Waals surface area contributed by atoms with Crippen molar-refractivity contribution in [1.82, 2.24) is 20.1 Å². The van der Waals surface area contributed by atoms with Crippen LogP contribution < -0.4 is 15.6 Å². The smallest absolute Gasteiger partial charge is 0.253 e. The second kappa shape index (κ2) is 11.3. The predicted molar refractivity (Wildman–Crippen MR) is 121 cm³/mol. The molecule has 0 aliphatic carbocycles. The molecule has 1 aromatic heterocycles. The van der Waals surface area contributed by atoms with Gasteiger partial charge in [-0.2, -0.15) is 0 Å². The molecule has 0 amide bonds. The van der Waals surface area contributed by atoms with Crippen molar-refractivity contribution in [2.75, 3.05) is 66.8 Å². The van der Waals surface area contributed by atoms with Crippen LogP contribution in [0.1, 0.15) is 5.56 Å². The Balaban J connectivity index is 1.76. The van der Waals surface area contributed by atoms with Gasteiger partial charge in [0, 0.05) is 56.3 Å². The topological polar surface area (TPSA) is 79.1 Å². The Labute approximate surface area is 182 Å². The van der Waals surface area contributed by atoms with Crippen molar-refractivity contribution >= 4 is 28.2 Å². The molecule has 0 radical (unpaired) electrons. The van der Waals surface area contributed by atoms with Crippen LogP contribution in [-0.2, 0) is 16.0 Å². The summed E-state index contributed by atoms with van der Waals surface area (Å²) < 4.78 is 15.8. The number of ether oxygens (including phenoxy) is 3. The van der Waals surface area contributed by atoms with Gasteiger partial charge in [0.05, 0.1) is 33.5 Å². The maximum absolute atomic E-state index is 12.7. The zero-order chi connectivity index (χ0) is 21.3. The largest absolute Gasteiger partial charge is 0.497 e. The number of pyridine rings is 1. The van der Waals surface area contributed by atoms with E-state index in [4.69, 9.17) is 26.4 Å². The summed E-state index contributed by atoms with van der Waals surface area (Å²) in [4.78, 5) is 20.0. The molecule has 164 valence electrons. The van der Waals surface area contributed by atoms with Gasteiger partial charge in [-0.1, -0.05) is 0 Å². The van der Waals surface area contributed by atoms with Crippen LogP contribution in [0.3, 0.4) is 0 Å². The van der Waals surface area contributed by atoms with Crippen molar-refractivity contribution in [1.29, 1.82) is 0 Å². The lowest BCUT2D eigenvalue weighted by atomic mass is 10.1. The van der Waals surface area contributed by atoms with Crippen molar-refractivity contribution in [3.05, 3.63) is 40.2 Å². The van der Waals surface area contributed by atoms with Gasteiger partial charge in [-0.3, -0.25) is 9.69 Å². The van der Waals surface area contributed by atoms with Gasteiger partial charge in [0.25, 0.3) is 5.56 Å². The number of aromatic nitrogens is 1. The predicted octanol–water partition coefficient (Wildman–Crippen LogP) is 1.19. The van der Waals surface area contributed by atoms with Crippen LogP contribution in [0.5, 0.6) is 5.75 Å². The summed E-state index contributed by atoms with van der Waals surface area (Å²) in [7, 11) is 3.29. The van der Waals surface area contributed by atoms with Crippen LogP contribution in [0.4, 0.5) is 0 Å². The van der Waals surface area contributed by atoms with Crippen molar-refractivity contribution in [2.24, 2.45) is 0 Å². The molecule has 1 aromatic carbocycles. The maximum Gasteiger partial charge on any atom is 0.253 e. The molecule has 9 heteroatoms. The summed E-state index contributed by atoms with van der Waals surface area (Å²) >= 11 is 5.62. The van der Waals surface area contributed by atoms with E-state index in [0.29, 0.717) is 36.9 Å². The maximum atomic E-state index is 12.7. The average Bonchev–Trinajstić information content (AvgIpc) is 2.77. The Kier molecular flexibility index (Phi) is 8.44. The molecule has 1 aliphatic heterocycles. The minimum absolute atomic E-state index is 0.108. The summed E-state index contributed by atoms with van der Waals surface area (Å²) in [6.07, 6.45) is 0. The number of rotatable bonds is 9. The fourth-order valence-electron chi connectivity index (χ4n) is 3.39. The number of nitrogens with one attached hydrogen (secondary N) is 2. The van der Waals surface area contributed by atoms with Gasteiger partial charge < -0.3 is 29.4 Å². The Morgan fingerprint density at radius 2 is 2.10 bits per heavy atom. The third kappa shape index (κ3) is 6.15. The van der Waals surface area contributed by atoms with Gasteiger partial charge in [-0.25, -0.2) is 0 Å². The van der Waals surface area contributed by atoms with Gasteiger partial charge in [0.15, 0.2) is 5.11 Å². The van der Waals surface area contributed by atoms with E-state index >= 15 is 0 Å². The van der Waals surface area contributed by atoms with E-state index in [1.54, 1.807) is 14.2 Å². The number of morpholine rings is 1. The number of hydrogen-bond acceptors (Lipinski definition) is 6. The van der Waals surface area contributed by atoms with Gasteiger partial charge in [0.2, 0.25) is 0 Å². The highest BCUT2D eigenvalue weighted by Crippen LogP contribution is 2.19. The quantitative estimate of drug-likeness (QED) is 0.450. The van der Waals surface area contributed by atoms with Crippen LogP contribution in [0, 0.1) is 0 Å². The second-order valence-corrected chi connectivity index (χ2v) is 7.56. The number of nitrogens with zero attached hydrogens (tertiary/aromatic N) is 2. The molecule has 0 bridgehead atoms. The Hall–Kier alpha value is -2.20. The van der Waals surface area contributed by atoms with Crippen LogP contribution in [0.25, 0.3) is 10.9 Å². The van der Waals surface area contributed by atoms with Crippen LogP contribution in [-0.4, -0.2) is 86.7 Å². The molecule has 8 nitrogen and oxygen atoms in total. The molecule has 0 saturated carbocycles. The first-order valence-electron chi connectivity index (χ1n) is 10.1. The van der Waals surface area contributed by atoms with Crippen LogP contribution in [0.2, 0.25) is 0 Å². The lowest BCUT2D eigenvalue weighted by Crippen LogP contribution is -2.46. The monoisotopic (exact) mass is 434 g/mol. The van der Waals surface area contributed by atoms with Gasteiger partial charge in [-0.15, -0.1) is 0 Å². The molecule has 30 heavy (non-hydrogen) atoms. The van der Waals surface area contributed by atoms with Crippen molar-refractivity contribution in [3.63, 3.8) is 0 Å². The van der Waals surface area contributed by atoms with Gasteiger partial charge in [-0.05, 0) is 36.5 Å². The van der Waals surface area contributed by atoms with E-state index in [0.717, 1.165) is 49.5 Å². The molecule has 1 aliphatic rings. The number of fused-ring (bicyclic) bond motifs is 1. The zero-order valence-electron chi connectivity index (χ0n) is 17.6. The zero-order valence-corrected chi connectivity index (χ0v) is 18.4. The molecule has 2 aromatic rings. The van der Waals surface area contributed by atoms with E-state index in [1.807, 2.05) is 29.2 Å². The fourth-order valence-corrected chi connectivity index (χ4v) is 3.65. The molecule has 1 saturated heterocycles. The van der Waals surface area contributed by atoms with E-state index in [2.05, 4.69) is 15.2 Å². The second-order valence-electron chi connectivity index (χ2n) is 7.18. The number of thiocarbonyl (C=S) groups is 1. The number of methoxy groups -OCH3 is 2. The van der Waals surface area contributed by atoms with Crippen LogP contribution in [0.15, 0.2) is 29.1 Å². The Morgan fingerprint density at radius 3 is 2.83 bits per heavy atom. The van der Waals surface area contributed by atoms with E-state index in [-0.39, 0.29) is 5.56 Å². The van der Waals surface area contributed by atoms with E-state index < -0.39 is 0 Å². The van der Waals surface area contributed by atoms with Crippen molar-refractivity contribution in [3.8, 4) is 5.75 Å². The lowest BCUT2D eigenvalue weighted by molar-refractivity contribution is 0.0357. The number of benzene rings is 1. The molecular weight excluding hydrogens is 404 g/mol. The molecule has 2 N–H and O–H groups in total. The minimum atomic E-state index is -0.108. The highest BCUT2D eigenvalue weighted by atomic mass is 32.1. The van der Waals surface area contributed by atoms with Crippen LogP contribution >= 0.6 is 12.2 Å². The normalized spacial score (nSPS) is 14.6. The molecule has 0 atom stereocenters. The molecule has 1 fully saturated rings. The summed E-state index contributed by atoms with van der Waals surface area (Å²) in [6.45, 7) is 6.50. The molecular formula is C21H30N4O4S. The van der Waals surface area contributed by atoms with E-state index in [1.165, 1.54) is 0 Å². The summed E-state index contributed by atoms with van der Waals surface area (Å²) in [6, 6.07) is 7.52. The summed E-state index contributed by atoms with van der Waals surface area (Å²) in [5.41, 5.74) is 1.34. The highest BCUT2D eigenvalue weighted by Gasteiger charge is 2.16. The first-order chi connectivity index (χ1) is 14.6. The SMILES string of the molecule is COCCNC(=S)N(CCN1CCOCC1)Cc1cc2cc(OC)ccc2[nH]c1=O. The molecule has 3 rings (SSSR count). The van der Waals surface area contributed by atoms with E-state index in [9.17, 15) is 4.79 Å². The Bertz CT molecular complexity index is 898. The number of hydrogen-bond donors (Lipinski definition) is 2. The third-order valence-electron chi connectivity index (χ3n) is 5.15. The van der Waals surface area contributed by atoms with Gasteiger partial charge in [0.1, 0.15) is 5.75 Å². The molecule has 2 heterocycles. The fraction of sp³-hybridized carbons (Fsp3) is 0.524. The van der Waals surface area contributed by atoms with Crippen molar-refractivity contribution < 1.29 is 14.2 Å². The number of H-pyrrole nitrogens is 1. The van der Waals surface area contributed by atoms with Crippen molar-refractivity contribution in [2.45, 2.75) is 6.54 Å². The Morgan fingerprint density at radius 1 is 1.30 bits per heavy atom. The first kappa shape index (κ1) is 22.5. The minimum Gasteiger partial charge on any atom is -0.497 e. The average molecular weight is 435 g/mol. The lowest BCUT2D eigenvalue weighted by Gasteiger charge is -2.31.